The third kappa shape index (κ3) is 5.65. The largest absolute Gasteiger partial charge is 0.325 e. The van der Waals surface area contributed by atoms with Gasteiger partial charge in [-0.15, -0.1) is 10.2 Å². The number of anilines is 1. The van der Waals surface area contributed by atoms with Crippen molar-refractivity contribution in [2.75, 3.05) is 24.2 Å². The second kappa shape index (κ2) is 10.5. The molecular formula is C26H31N5OS. The first-order chi connectivity index (χ1) is 16.2. The first-order valence-electron chi connectivity index (χ1n) is 12.0. The van der Waals surface area contributed by atoms with Gasteiger partial charge < -0.3 is 9.88 Å². The summed E-state index contributed by atoms with van der Waals surface area (Å²) in [6.07, 6.45) is 7.27. The highest BCUT2D eigenvalue weighted by Crippen LogP contribution is 2.26. The molecule has 0 spiro atoms. The topological polar surface area (TPSA) is 63.1 Å². The molecule has 1 aliphatic heterocycles. The Bertz CT molecular complexity index is 1090. The number of amides is 1. The smallest absolute Gasteiger partial charge is 0.234 e. The number of carbonyl (C=O) groups is 1. The van der Waals surface area contributed by atoms with Crippen molar-refractivity contribution in [3.8, 4) is 0 Å². The van der Waals surface area contributed by atoms with Crippen LogP contribution in [0.3, 0.4) is 0 Å². The number of nitrogens with one attached hydrogen (secondary N) is 1. The molecule has 0 atom stereocenters. The number of hydrogen-bond donors (Lipinski definition) is 1. The van der Waals surface area contributed by atoms with Crippen molar-refractivity contribution in [3.63, 3.8) is 0 Å². The molecule has 6 nitrogen and oxygen atoms in total. The second-order valence-electron chi connectivity index (χ2n) is 8.98. The van der Waals surface area contributed by atoms with E-state index in [0.717, 1.165) is 49.1 Å². The number of thioether (sulfide) groups is 1. The summed E-state index contributed by atoms with van der Waals surface area (Å²) in [5, 5.41) is 12.9. The summed E-state index contributed by atoms with van der Waals surface area (Å²) >= 11 is 1.46. The number of piperidine rings is 1. The zero-order chi connectivity index (χ0) is 22.5. The molecule has 0 bridgehead atoms. The number of carbonyl (C=O) groups excluding carboxylic acids is 1. The highest BCUT2D eigenvalue weighted by Gasteiger charge is 2.19. The van der Waals surface area contributed by atoms with E-state index in [2.05, 4.69) is 61.4 Å². The lowest BCUT2D eigenvalue weighted by Gasteiger charge is -2.26. The zero-order valence-electron chi connectivity index (χ0n) is 19.0. The molecule has 0 radical (unpaired) electrons. The lowest BCUT2D eigenvalue weighted by molar-refractivity contribution is -0.113. The summed E-state index contributed by atoms with van der Waals surface area (Å²) in [7, 11) is 0. The van der Waals surface area contributed by atoms with Gasteiger partial charge >= 0.3 is 0 Å². The molecule has 1 saturated heterocycles. The zero-order valence-corrected chi connectivity index (χ0v) is 19.8. The Morgan fingerprint density at radius 3 is 2.58 bits per heavy atom. The van der Waals surface area contributed by atoms with Crippen LogP contribution >= 0.6 is 11.8 Å². The Kier molecular flexibility index (Phi) is 7.07. The molecule has 1 N–H and O–H groups in total. The van der Waals surface area contributed by atoms with Gasteiger partial charge in [0.1, 0.15) is 5.82 Å². The van der Waals surface area contributed by atoms with Crippen molar-refractivity contribution < 1.29 is 4.79 Å². The summed E-state index contributed by atoms with van der Waals surface area (Å²) in [6, 6.07) is 16.7. The number of aryl methyl sites for hydroxylation is 2. The van der Waals surface area contributed by atoms with E-state index in [1.54, 1.807) is 0 Å². The minimum atomic E-state index is -0.00946. The van der Waals surface area contributed by atoms with Gasteiger partial charge in [0, 0.05) is 5.69 Å². The summed E-state index contributed by atoms with van der Waals surface area (Å²) in [4.78, 5) is 15.1. The lowest BCUT2D eigenvalue weighted by Crippen LogP contribution is -2.30. The molecule has 33 heavy (non-hydrogen) atoms. The molecule has 7 heteroatoms. The van der Waals surface area contributed by atoms with Crippen LogP contribution in [-0.4, -0.2) is 44.4 Å². The highest BCUT2D eigenvalue weighted by atomic mass is 32.2. The van der Waals surface area contributed by atoms with Gasteiger partial charge in [-0.05, 0) is 74.0 Å². The molecule has 3 aromatic rings. The molecule has 0 unspecified atom stereocenters. The normalized spacial score (nSPS) is 16.0. The molecule has 0 saturated carbocycles. The molecular weight excluding hydrogens is 430 g/mol. The maximum absolute atomic E-state index is 12.7. The summed E-state index contributed by atoms with van der Waals surface area (Å²) < 4.78 is 2.18. The van der Waals surface area contributed by atoms with E-state index in [0.29, 0.717) is 12.3 Å². The Hall–Kier alpha value is -2.64. The van der Waals surface area contributed by atoms with Crippen molar-refractivity contribution in [3.05, 3.63) is 71.0 Å². The van der Waals surface area contributed by atoms with Crippen LogP contribution < -0.4 is 5.32 Å². The van der Waals surface area contributed by atoms with Crippen LogP contribution in [0.5, 0.6) is 0 Å². The first kappa shape index (κ1) is 22.2. The minimum absolute atomic E-state index is 0.00946. The van der Waals surface area contributed by atoms with Crippen molar-refractivity contribution in [2.24, 2.45) is 0 Å². The van der Waals surface area contributed by atoms with E-state index < -0.39 is 0 Å². The van der Waals surface area contributed by atoms with Crippen molar-refractivity contribution in [2.45, 2.75) is 56.8 Å². The molecule has 172 valence electrons. The number of rotatable bonds is 8. The van der Waals surface area contributed by atoms with Crippen molar-refractivity contribution in [1.29, 1.82) is 0 Å². The van der Waals surface area contributed by atoms with E-state index in [-0.39, 0.29) is 5.91 Å². The van der Waals surface area contributed by atoms with Gasteiger partial charge in [0.2, 0.25) is 5.91 Å². The highest BCUT2D eigenvalue weighted by molar-refractivity contribution is 7.99. The number of hydrogen-bond acceptors (Lipinski definition) is 5. The molecule has 2 aromatic carbocycles. The van der Waals surface area contributed by atoms with Crippen molar-refractivity contribution >= 4 is 23.4 Å². The molecule has 2 aliphatic rings. The monoisotopic (exact) mass is 461 g/mol. The SMILES string of the molecule is O=C(CSc1nnc(CN2CCCCC2)n1Cc1ccccc1)Nc1ccc2c(c1)CCC2. The van der Waals surface area contributed by atoms with Gasteiger partial charge in [-0.25, -0.2) is 0 Å². The van der Waals surface area contributed by atoms with Gasteiger partial charge in [-0.1, -0.05) is 54.6 Å². The van der Waals surface area contributed by atoms with E-state index >= 15 is 0 Å². The number of likely N-dealkylation sites (tertiary alicyclic amines) is 1. The van der Waals surface area contributed by atoms with Gasteiger partial charge in [0.25, 0.3) is 0 Å². The lowest BCUT2D eigenvalue weighted by atomic mass is 10.1. The first-order valence-corrected chi connectivity index (χ1v) is 13.0. The number of aromatic nitrogens is 3. The summed E-state index contributed by atoms with van der Waals surface area (Å²) in [5.74, 6) is 1.28. The van der Waals surface area contributed by atoms with Gasteiger partial charge in [0.05, 0.1) is 18.8 Å². The summed E-state index contributed by atoms with van der Waals surface area (Å²) in [6.45, 7) is 3.75. The van der Waals surface area contributed by atoms with Crippen LogP contribution in [0.4, 0.5) is 5.69 Å². The molecule has 1 aliphatic carbocycles. The standard InChI is InChI=1S/C26H31N5OS/c32-25(27-23-13-12-21-10-7-11-22(21)16-23)19-33-26-29-28-24(18-30-14-5-2-6-15-30)31(26)17-20-8-3-1-4-9-20/h1,3-4,8-9,12-13,16H,2,5-7,10-11,14-15,17-19H2,(H,27,32). The Balaban J connectivity index is 1.26. The maximum atomic E-state index is 12.7. The van der Waals surface area contributed by atoms with Crippen LogP contribution in [0.1, 0.15) is 48.2 Å². The molecule has 1 fully saturated rings. The van der Waals surface area contributed by atoms with Crippen LogP contribution in [0.25, 0.3) is 0 Å². The summed E-state index contributed by atoms with van der Waals surface area (Å²) in [5.41, 5.74) is 4.88. The van der Waals surface area contributed by atoms with Gasteiger partial charge in [0.15, 0.2) is 5.16 Å². The predicted octanol–water partition coefficient (Wildman–Crippen LogP) is 4.53. The third-order valence-corrected chi connectivity index (χ3v) is 7.47. The van der Waals surface area contributed by atoms with E-state index in [1.165, 1.54) is 54.1 Å². The van der Waals surface area contributed by atoms with Crippen LogP contribution in [-0.2, 0) is 30.7 Å². The molecule has 5 rings (SSSR count). The van der Waals surface area contributed by atoms with Gasteiger partial charge in [-0.3, -0.25) is 9.69 Å². The van der Waals surface area contributed by atoms with E-state index in [9.17, 15) is 4.79 Å². The predicted molar refractivity (Wildman–Crippen MR) is 133 cm³/mol. The average molecular weight is 462 g/mol. The Morgan fingerprint density at radius 2 is 1.73 bits per heavy atom. The Labute approximate surface area is 199 Å². The maximum Gasteiger partial charge on any atom is 0.234 e. The van der Waals surface area contributed by atoms with Crippen molar-refractivity contribution in [1.82, 2.24) is 19.7 Å². The van der Waals surface area contributed by atoms with E-state index in [1.807, 2.05) is 12.1 Å². The van der Waals surface area contributed by atoms with Gasteiger partial charge in [-0.2, -0.15) is 0 Å². The van der Waals surface area contributed by atoms with Crippen LogP contribution in [0, 0.1) is 0 Å². The fraction of sp³-hybridized carbons (Fsp3) is 0.423. The van der Waals surface area contributed by atoms with Crippen LogP contribution in [0.2, 0.25) is 0 Å². The average Bonchev–Trinajstić information content (AvgIpc) is 3.46. The number of benzene rings is 2. The Morgan fingerprint density at radius 1 is 0.909 bits per heavy atom. The minimum Gasteiger partial charge on any atom is -0.325 e. The number of fused-ring (bicyclic) bond motifs is 1. The third-order valence-electron chi connectivity index (χ3n) is 6.51. The molecule has 1 amide bonds. The quantitative estimate of drug-likeness (QED) is 0.499. The molecule has 1 aromatic heterocycles. The number of nitrogens with zero attached hydrogens (tertiary/aromatic N) is 4. The fourth-order valence-corrected chi connectivity index (χ4v) is 5.52. The fourth-order valence-electron chi connectivity index (χ4n) is 4.76. The second-order valence-corrected chi connectivity index (χ2v) is 9.92. The van der Waals surface area contributed by atoms with Crippen LogP contribution in [0.15, 0.2) is 53.7 Å². The molecule has 2 heterocycles. The van der Waals surface area contributed by atoms with E-state index in [4.69, 9.17) is 0 Å².